The zero-order valence-electron chi connectivity index (χ0n) is 11.9. The topological polar surface area (TPSA) is 49.6 Å². The molecule has 1 aliphatic rings. The van der Waals surface area contributed by atoms with Gasteiger partial charge in [-0.25, -0.2) is 4.99 Å². The number of para-hydroxylation sites is 1. The van der Waals surface area contributed by atoms with Gasteiger partial charge in [0, 0.05) is 11.1 Å². The molecular formula is C18H15N3O. The van der Waals surface area contributed by atoms with E-state index in [-0.39, 0.29) is 0 Å². The van der Waals surface area contributed by atoms with Crippen molar-refractivity contribution in [2.24, 2.45) is 4.99 Å². The molecule has 4 rings (SSSR count). The van der Waals surface area contributed by atoms with Crippen molar-refractivity contribution in [1.29, 1.82) is 0 Å². The molecule has 2 heterocycles. The van der Waals surface area contributed by atoms with Crippen molar-refractivity contribution in [3.8, 4) is 0 Å². The van der Waals surface area contributed by atoms with Crippen LogP contribution >= 0.6 is 0 Å². The zero-order chi connectivity index (χ0) is 14.8. The van der Waals surface area contributed by atoms with Crippen LogP contribution in [0.3, 0.4) is 0 Å². The first-order valence-electron chi connectivity index (χ1n) is 7.19. The molecule has 4 heteroatoms. The Bertz CT molecular complexity index is 862. The van der Waals surface area contributed by atoms with Gasteiger partial charge < -0.3 is 15.1 Å². The average Bonchev–Trinajstić information content (AvgIpc) is 3.17. The summed E-state index contributed by atoms with van der Waals surface area (Å²) in [6.45, 7) is 0.721. The van der Waals surface area contributed by atoms with Gasteiger partial charge in [-0.3, -0.25) is 0 Å². The van der Waals surface area contributed by atoms with Crippen molar-refractivity contribution < 1.29 is 4.42 Å². The van der Waals surface area contributed by atoms with Crippen LogP contribution < -0.4 is 10.6 Å². The van der Waals surface area contributed by atoms with E-state index in [0.717, 1.165) is 40.4 Å². The lowest BCUT2D eigenvalue weighted by Gasteiger charge is -2.04. The quantitative estimate of drug-likeness (QED) is 0.753. The van der Waals surface area contributed by atoms with Gasteiger partial charge in [-0.15, -0.1) is 0 Å². The fourth-order valence-corrected chi connectivity index (χ4v) is 2.48. The highest BCUT2D eigenvalue weighted by atomic mass is 16.3. The minimum absolute atomic E-state index is 0.721. The summed E-state index contributed by atoms with van der Waals surface area (Å²) < 4.78 is 5.36. The van der Waals surface area contributed by atoms with E-state index in [0.29, 0.717) is 0 Å². The number of nitrogens with one attached hydrogen (secondary N) is 2. The number of anilines is 1. The Morgan fingerprint density at radius 3 is 2.91 bits per heavy atom. The summed E-state index contributed by atoms with van der Waals surface area (Å²) in [4.78, 5) is 4.58. The standard InChI is InChI=1S/C18H15N3O/c1-2-4-15(5-3-1)20-18-19-12-16(21-18)11-13-6-7-17-14(10-13)8-9-22-17/h1-11H,12H2,(H2,19,20,21)/b16-11-. The lowest BCUT2D eigenvalue weighted by Crippen LogP contribution is -2.25. The van der Waals surface area contributed by atoms with Crippen LogP contribution in [0.2, 0.25) is 0 Å². The SMILES string of the molecule is C(=C1\CNC(Nc2ccccc2)=N1)/c1ccc2occc2c1. The van der Waals surface area contributed by atoms with E-state index < -0.39 is 0 Å². The maximum atomic E-state index is 5.36. The number of hydrogen-bond acceptors (Lipinski definition) is 4. The first-order chi connectivity index (χ1) is 10.9. The maximum absolute atomic E-state index is 5.36. The van der Waals surface area contributed by atoms with Crippen LogP contribution in [-0.4, -0.2) is 12.5 Å². The summed E-state index contributed by atoms with van der Waals surface area (Å²) in [6.07, 6.45) is 3.79. The molecule has 0 bridgehead atoms. The molecule has 1 aromatic heterocycles. The molecule has 0 aliphatic carbocycles. The van der Waals surface area contributed by atoms with Gasteiger partial charge in [-0.05, 0) is 42.0 Å². The first kappa shape index (κ1) is 12.7. The smallest absolute Gasteiger partial charge is 0.201 e. The van der Waals surface area contributed by atoms with Gasteiger partial charge in [-0.2, -0.15) is 0 Å². The predicted molar refractivity (Wildman–Crippen MR) is 89.7 cm³/mol. The summed E-state index contributed by atoms with van der Waals surface area (Å²) in [5.74, 6) is 0.779. The van der Waals surface area contributed by atoms with E-state index in [2.05, 4.69) is 27.8 Å². The number of furan rings is 1. The Morgan fingerprint density at radius 2 is 2.00 bits per heavy atom. The van der Waals surface area contributed by atoms with Crippen molar-refractivity contribution in [2.45, 2.75) is 0 Å². The summed E-state index contributed by atoms with van der Waals surface area (Å²) >= 11 is 0. The van der Waals surface area contributed by atoms with Crippen LogP contribution in [0.15, 0.2) is 76.0 Å². The van der Waals surface area contributed by atoms with Gasteiger partial charge in [0.15, 0.2) is 0 Å². The van der Waals surface area contributed by atoms with Gasteiger partial charge in [0.2, 0.25) is 5.96 Å². The lowest BCUT2D eigenvalue weighted by atomic mass is 10.1. The van der Waals surface area contributed by atoms with Crippen LogP contribution in [-0.2, 0) is 0 Å². The van der Waals surface area contributed by atoms with Gasteiger partial charge in [0.05, 0.1) is 18.5 Å². The normalized spacial score (nSPS) is 15.8. The van der Waals surface area contributed by atoms with E-state index in [1.807, 2.05) is 48.5 Å². The highest BCUT2D eigenvalue weighted by molar-refractivity contribution is 5.96. The first-order valence-corrected chi connectivity index (χ1v) is 7.19. The number of benzene rings is 2. The van der Waals surface area contributed by atoms with E-state index in [9.17, 15) is 0 Å². The second kappa shape index (κ2) is 5.41. The molecule has 2 N–H and O–H groups in total. The van der Waals surface area contributed by atoms with Crippen LogP contribution in [0.4, 0.5) is 5.69 Å². The molecule has 22 heavy (non-hydrogen) atoms. The minimum Gasteiger partial charge on any atom is -0.464 e. The molecule has 4 nitrogen and oxygen atoms in total. The summed E-state index contributed by atoms with van der Waals surface area (Å²) in [5.41, 5.74) is 4.05. The third kappa shape index (κ3) is 2.59. The Hall–Kier alpha value is -3.01. The molecule has 108 valence electrons. The monoisotopic (exact) mass is 289 g/mol. The molecule has 0 saturated heterocycles. The third-order valence-corrected chi connectivity index (χ3v) is 3.54. The average molecular weight is 289 g/mol. The van der Waals surface area contributed by atoms with Crippen LogP contribution in [0, 0.1) is 0 Å². The third-order valence-electron chi connectivity index (χ3n) is 3.54. The molecule has 0 amide bonds. The van der Waals surface area contributed by atoms with Crippen molar-refractivity contribution >= 4 is 28.7 Å². The zero-order valence-corrected chi connectivity index (χ0v) is 11.9. The van der Waals surface area contributed by atoms with Crippen molar-refractivity contribution in [1.82, 2.24) is 5.32 Å². The largest absolute Gasteiger partial charge is 0.464 e. The van der Waals surface area contributed by atoms with Crippen molar-refractivity contribution in [2.75, 3.05) is 11.9 Å². The number of nitrogens with zero attached hydrogens (tertiary/aromatic N) is 1. The summed E-state index contributed by atoms with van der Waals surface area (Å²) in [5, 5.41) is 7.63. The van der Waals surface area contributed by atoms with Gasteiger partial charge in [0.1, 0.15) is 5.58 Å². The Kier molecular flexibility index (Phi) is 3.12. The number of aliphatic imine (C=N–C) groups is 1. The second-order valence-electron chi connectivity index (χ2n) is 5.16. The Balaban J connectivity index is 1.55. The second-order valence-corrected chi connectivity index (χ2v) is 5.16. The molecule has 3 aromatic rings. The van der Waals surface area contributed by atoms with Crippen LogP contribution in [0.5, 0.6) is 0 Å². The lowest BCUT2D eigenvalue weighted by molar-refractivity contribution is 0.616. The molecule has 0 saturated carbocycles. The molecule has 0 unspecified atom stereocenters. The van der Waals surface area contributed by atoms with Crippen molar-refractivity contribution in [3.05, 3.63) is 72.1 Å². The molecule has 0 radical (unpaired) electrons. The van der Waals surface area contributed by atoms with E-state index in [1.54, 1.807) is 6.26 Å². The highest BCUT2D eigenvalue weighted by Gasteiger charge is 2.10. The maximum Gasteiger partial charge on any atom is 0.201 e. The van der Waals surface area contributed by atoms with Crippen LogP contribution in [0.25, 0.3) is 17.0 Å². The fraction of sp³-hybridized carbons (Fsp3) is 0.0556. The fourth-order valence-electron chi connectivity index (χ4n) is 2.48. The highest BCUT2D eigenvalue weighted by Crippen LogP contribution is 2.19. The van der Waals surface area contributed by atoms with Gasteiger partial charge in [0.25, 0.3) is 0 Å². The number of guanidine groups is 1. The van der Waals surface area contributed by atoms with Gasteiger partial charge in [-0.1, -0.05) is 24.3 Å². The molecular weight excluding hydrogens is 274 g/mol. The molecule has 1 aliphatic heterocycles. The minimum atomic E-state index is 0.721. The van der Waals surface area contributed by atoms with E-state index in [1.165, 1.54) is 0 Å². The summed E-state index contributed by atoms with van der Waals surface area (Å²) in [7, 11) is 0. The van der Waals surface area contributed by atoms with Crippen LogP contribution in [0.1, 0.15) is 5.56 Å². The molecule has 2 aromatic carbocycles. The predicted octanol–water partition coefficient (Wildman–Crippen LogP) is 3.85. The number of hydrogen-bond donors (Lipinski definition) is 2. The van der Waals surface area contributed by atoms with Crippen molar-refractivity contribution in [3.63, 3.8) is 0 Å². The number of fused-ring (bicyclic) bond motifs is 1. The van der Waals surface area contributed by atoms with Gasteiger partial charge >= 0.3 is 0 Å². The summed E-state index contributed by atoms with van der Waals surface area (Å²) in [6, 6.07) is 18.1. The molecule has 0 fully saturated rings. The van der Waals surface area contributed by atoms with E-state index >= 15 is 0 Å². The Labute approximate surface area is 128 Å². The number of rotatable bonds is 2. The molecule has 0 atom stereocenters. The molecule has 0 spiro atoms. The van der Waals surface area contributed by atoms with E-state index in [4.69, 9.17) is 4.42 Å². The Morgan fingerprint density at radius 1 is 1.09 bits per heavy atom.